The predicted molar refractivity (Wildman–Crippen MR) is 72.3 cm³/mol. The van der Waals surface area contributed by atoms with Crippen LogP contribution in [0.15, 0.2) is 9.85 Å². The quantitative estimate of drug-likeness (QED) is 0.906. The van der Waals surface area contributed by atoms with Gasteiger partial charge in [-0.2, -0.15) is 0 Å². The summed E-state index contributed by atoms with van der Waals surface area (Å²) in [5.74, 6) is 0.0169. The second-order valence-corrected chi connectivity index (χ2v) is 6.09. The van der Waals surface area contributed by atoms with Crippen LogP contribution < -0.4 is 5.32 Å². The molecule has 1 N–H and O–H groups in total. The van der Waals surface area contributed by atoms with E-state index in [-0.39, 0.29) is 5.91 Å². The fourth-order valence-corrected chi connectivity index (χ4v) is 2.63. The summed E-state index contributed by atoms with van der Waals surface area (Å²) in [6.45, 7) is 6.66. The number of thiophene rings is 1. The molecule has 0 radical (unpaired) electrons. The Labute approximate surface area is 109 Å². The SMILES string of the molecule is CCN(C)CCNC(=O)c1cc(C)c(Br)s1. The molecule has 1 heterocycles. The molecule has 3 nitrogen and oxygen atoms in total. The highest BCUT2D eigenvalue weighted by atomic mass is 79.9. The van der Waals surface area contributed by atoms with Crippen molar-refractivity contribution < 1.29 is 4.79 Å². The van der Waals surface area contributed by atoms with Gasteiger partial charge in [-0.25, -0.2) is 0 Å². The van der Waals surface area contributed by atoms with Crippen molar-refractivity contribution in [3.05, 3.63) is 20.3 Å². The van der Waals surface area contributed by atoms with E-state index >= 15 is 0 Å². The predicted octanol–water partition coefficient (Wildman–Crippen LogP) is 2.50. The van der Waals surface area contributed by atoms with Crippen LogP contribution in [0.4, 0.5) is 0 Å². The normalized spacial score (nSPS) is 10.8. The molecule has 0 aliphatic rings. The Kier molecular flexibility index (Phi) is 5.44. The van der Waals surface area contributed by atoms with Crippen molar-refractivity contribution >= 4 is 33.2 Å². The molecule has 0 atom stereocenters. The van der Waals surface area contributed by atoms with Gasteiger partial charge in [-0.05, 0) is 48.1 Å². The summed E-state index contributed by atoms with van der Waals surface area (Å²) in [7, 11) is 2.04. The number of likely N-dealkylation sites (N-methyl/N-ethyl adjacent to an activating group) is 1. The summed E-state index contributed by atoms with van der Waals surface area (Å²) in [5, 5.41) is 2.91. The Hall–Kier alpha value is -0.390. The van der Waals surface area contributed by atoms with Crippen molar-refractivity contribution in [1.29, 1.82) is 0 Å². The van der Waals surface area contributed by atoms with Crippen molar-refractivity contribution in [2.24, 2.45) is 0 Å². The second-order valence-electron chi connectivity index (χ2n) is 3.72. The van der Waals surface area contributed by atoms with Gasteiger partial charge in [0, 0.05) is 13.1 Å². The number of carbonyl (C=O) groups is 1. The summed E-state index contributed by atoms with van der Waals surface area (Å²) >= 11 is 4.90. The minimum absolute atomic E-state index is 0.0169. The summed E-state index contributed by atoms with van der Waals surface area (Å²) < 4.78 is 1.03. The molecular weight excluding hydrogens is 288 g/mol. The second kappa shape index (κ2) is 6.37. The number of carbonyl (C=O) groups excluding carboxylic acids is 1. The molecule has 1 aromatic rings. The van der Waals surface area contributed by atoms with Gasteiger partial charge in [0.2, 0.25) is 0 Å². The Balaban J connectivity index is 2.41. The maximum Gasteiger partial charge on any atom is 0.261 e. The van der Waals surface area contributed by atoms with E-state index in [1.54, 1.807) is 0 Å². The van der Waals surface area contributed by atoms with E-state index in [2.05, 4.69) is 33.1 Å². The number of nitrogens with zero attached hydrogens (tertiary/aromatic N) is 1. The van der Waals surface area contributed by atoms with Gasteiger partial charge in [0.05, 0.1) is 8.66 Å². The Bertz CT molecular complexity index is 345. The van der Waals surface area contributed by atoms with Crippen LogP contribution in [0.3, 0.4) is 0 Å². The molecule has 16 heavy (non-hydrogen) atoms. The van der Waals surface area contributed by atoms with Crippen molar-refractivity contribution in [3.8, 4) is 0 Å². The first kappa shape index (κ1) is 13.7. The summed E-state index contributed by atoms with van der Waals surface area (Å²) in [5.41, 5.74) is 1.11. The fraction of sp³-hybridized carbons (Fsp3) is 0.545. The molecule has 90 valence electrons. The first-order valence-electron chi connectivity index (χ1n) is 5.27. The van der Waals surface area contributed by atoms with Crippen LogP contribution in [0.5, 0.6) is 0 Å². The van der Waals surface area contributed by atoms with Crippen LogP contribution in [0.2, 0.25) is 0 Å². The Morgan fingerprint density at radius 3 is 2.81 bits per heavy atom. The lowest BCUT2D eigenvalue weighted by Crippen LogP contribution is -2.32. The Morgan fingerprint density at radius 1 is 1.62 bits per heavy atom. The highest BCUT2D eigenvalue weighted by molar-refractivity contribution is 9.11. The van der Waals surface area contributed by atoms with E-state index in [1.807, 2.05) is 20.0 Å². The van der Waals surface area contributed by atoms with Gasteiger partial charge in [0.15, 0.2) is 0 Å². The molecule has 0 saturated carbocycles. The topological polar surface area (TPSA) is 32.3 Å². The van der Waals surface area contributed by atoms with Crippen LogP contribution in [0.25, 0.3) is 0 Å². The molecule has 0 saturated heterocycles. The largest absolute Gasteiger partial charge is 0.350 e. The smallest absolute Gasteiger partial charge is 0.261 e. The summed E-state index contributed by atoms with van der Waals surface area (Å²) in [6, 6.07) is 1.91. The number of hydrogen-bond donors (Lipinski definition) is 1. The number of rotatable bonds is 5. The summed E-state index contributed by atoms with van der Waals surface area (Å²) in [4.78, 5) is 14.7. The minimum Gasteiger partial charge on any atom is -0.350 e. The van der Waals surface area contributed by atoms with Crippen LogP contribution in [0, 0.1) is 6.92 Å². The van der Waals surface area contributed by atoms with E-state index < -0.39 is 0 Å². The standard InChI is InChI=1S/C11H17BrN2OS/c1-4-14(3)6-5-13-11(15)9-7-8(2)10(12)16-9/h7H,4-6H2,1-3H3,(H,13,15). The number of nitrogens with one attached hydrogen (secondary N) is 1. The minimum atomic E-state index is 0.0169. The third kappa shape index (κ3) is 3.88. The highest BCUT2D eigenvalue weighted by Crippen LogP contribution is 2.26. The van der Waals surface area contributed by atoms with Crippen molar-refractivity contribution in [2.75, 3.05) is 26.7 Å². The number of amides is 1. The zero-order valence-electron chi connectivity index (χ0n) is 9.84. The van der Waals surface area contributed by atoms with Gasteiger partial charge in [0.25, 0.3) is 5.91 Å². The lowest BCUT2D eigenvalue weighted by atomic mass is 10.3. The van der Waals surface area contributed by atoms with Gasteiger partial charge >= 0.3 is 0 Å². The van der Waals surface area contributed by atoms with Gasteiger partial charge < -0.3 is 10.2 Å². The van der Waals surface area contributed by atoms with Crippen LogP contribution >= 0.6 is 27.3 Å². The molecule has 0 bridgehead atoms. The maximum atomic E-state index is 11.7. The van der Waals surface area contributed by atoms with Crippen LogP contribution in [0.1, 0.15) is 22.2 Å². The average molecular weight is 305 g/mol. The van der Waals surface area contributed by atoms with Gasteiger partial charge in [0.1, 0.15) is 0 Å². The highest BCUT2D eigenvalue weighted by Gasteiger charge is 2.10. The van der Waals surface area contributed by atoms with Crippen LogP contribution in [-0.2, 0) is 0 Å². The molecule has 1 aromatic heterocycles. The molecule has 1 rings (SSSR count). The zero-order chi connectivity index (χ0) is 12.1. The molecule has 1 amide bonds. The molecule has 0 fully saturated rings. The van der Waals surface area contributed by atoms with E-state index in [9.17, 15) is 4.79 Å². The fourth-order valence-electron chi connectivity index (χ4n) is 1.18. The van der Waals surface area contributed by atoms with Gasteiger partial charge in [-0.3, -0.25) is 4.79 Å². The Morgan fingerprint density at radius 2 is 2.31 bits per heavy atom. The summed E-state index contributed by atoms with van der Waals surface area (Å²) in [6.07, 6.45) is 0. The van der Waals surface area contributed by atoms with Crippen molar-refractivity contribution in [1.82, 2.24) is 10.2 Å². The molecule has 5 heteroatoms. The number of hydrogen-bond acceptors (Lipinski definition) is 3. The van der Waals surface area contributed by atoms with Gasteiger partial charge in [-0.1, -0.05) is 6.92 Å². The zero-order valence-corrected chi connectivity index (χ0v) is 12.2. The molecule has 0 aliphatic carbocycles. The maximum absolute atomic E-state index is 11.7. The monoisotopic (exact) mass is 304 g/mol. The number of aryl methyl sites for hydroxylation is 1. The van der Waals surface area contributed by atoms with E-state index in [1.165, 1.54) is 11.3 Å². The van der Waals surface area contributed by atoms with Gasteiger partial charge in [-0.15, -0.1) is 11.3 Å². The third-order valence-electron chi connectivity index (χ3n) is 2.40. The lowest BCUT2D eigenvalue weighted by molar-refractivity contribution is 0.0954. The molecular formula is C11H17BrN2OS. The van der Waals surface area contributed by atoms with E-state index in [0.29, 0.717) is 6.54 Å². The number of halogens is 1. The molecule has 0 unspecified atom stereocenters. The first-order valence-corrected chi connectivity index (χ1v) is 6.88. The molecule has 0 aliphatic heterocycles. The lowest BCUT2D eigenvalue weighted by Gasteiger charge is -2.13. The van der Waals surface area contributed by atoms with Crippen molar-refractivity contribution in [2.45, 2.75) is 13.8 Å². The first-order chi connectivity index (χ1) is 7.54. The molecule has 0 aromatic carbocycles. The van der Waals surface area contributed by atoms with Crippen LogP contribution in [-0.4, -0.2) is 37.5 Å². The van der Waals surface area contributed by atoms with Crippen molar-refractivity contribution in [3.63, 3.8) is 0 Å². The van der Waals surface area contributed by atoms with E-state index in [4.69, 9.17) is 0 Å². The molecule has 0 spiro atoms. The van der Waals surface area contributed by atoms with E-state index in [0.717, 1.165) is 27.3 Å². The third-order valence-corrected chi connectivity index (χ3v) is 4.54. The average Bonchev–Trinajstić information content (AvgIpc) is 2.59.